The second kappa shape index (κ2) is 8.33. The minimum Gasteiger partial charge on any atom is -0.473 e. The van der Waals surface area contributed by atoms with Crippen LogP contribution in [0.3, 0.4) is 0 Å². The summed E-state index contributed by atoms with van der Waals surface area (Å²) in [6.45, 7) is 2.97. The van der Waals surface area contributed by atoms with Crippen LogP contribution >= 0.6 is 0 Å². The van der Waals surface area contributed by atoms with E-state index >= 15 is 0 Å². The Morgan fingerprint density at radius 1 is 1.03 bits per heavy atom. The Balaban J connectivity index is 1.50. The lowest BCUT2D eigenvalue weighted by Crippen LogP contribution is -2.07. The van der Waals surface area contributed by atoms with Crippen molar-refractivity contribution >= 4 is 16.8 Å². The van der Waals surface area contributed by atoms with Gasteiger partial charge in [-0.05, 0) is 49.7 Å². The summed E-state index contributed by atoms with van der Waals surface area (Å²) in [6.07, 6.45) is 3.59. The standard InChI is InChI=1S/C25H19F3N4O2/c1-14-9-21-24(22(33)11-16-12-29-31-8-4-3-5-20(16)31)15(2)30-32(21)23(10-14)34-13-17-18(26)6-7-19(27)25(17)28/h3-10,12H,11,13H2,1-2H3. The van der Waals surface area contributed by atoms with Crippen LogP contribution < -0.4 is 4.74 Å². The lowest BCUT2D eigenvalue weighted by Gasteiger charge is -2.11. The quantitative estimate of drug-likeness (QED) is 0.262. The molecule has 0 fully saturated rings. The zero-order chi connectivity index (χ0) is 24.0. The Hall–Kier alpha value is -4.14. The van der Waals surface area contributed by atoms with Crippen LogP contribution in [0.2, 0.25) is 0 Å². The summed E-state index contributed by atoms with van der Waals surface area (Å²) in [5.41, 5.74) is 3.27. The molecule has 0 bridgehead atoms. The van der Waals surface area contributed by atoms with E-state index in [4.69, 9.17) is 4.74 Å². The van der Waals surface area contributed by atoms with E-state index in [0.29, 0.717) is 16.8 Å². The summed E-state index contributed by atoms with van der Waals surface area (Å²) in [5, 5.41) is 8.71. The molecule has 0 atom stereocenters. The number of halogens is 3. The highest BCUT2D eigenvalue weighted by Gasteiger charge is 2.22. The third-order valence-electron chi connectivity index (χ3n) is 5.66. The normalized spacial score (nSPS) is 11.4. The number of nitrogens with zero attached hydrogens (tertiary/aromatic N) is 4. The van der Waals surface area contributed by atoms with Gasteiger partial charge in [-0.3, -0.25) is 4.79 Å². The Kier molecular flexibility index (Phi) is 5.31. The summed E-state index contributed by atoms with van der Waals surface area (Å²) in [5.74, 6) is -3.35. The van der Waals surface area contributed by atoms with Gasteiger partial charge in [-0.1, -0.05) is 6.07 Å². The molecule has 0 radical (unpaired) electrons. The molecule has 4 aromatic heterocycles. The number of hydrogen-bond donors (Lipinski definition) is 0. The number of carbonyl (C=O) groups excluding carboxylic acids is 1. The van der Waals surface area contributed by atoms with Crippen molar-refractivity contribution in [2.75, 3.05) is 0 Å². The van der Waals surface area contributed by atoms with Crippen LogP contribution in [0.15, 0.2) is 54.9 Å². The summed E-state index contributed by atoms with van der Waals surface area (Å²) in [6, 6.07) is 10.6. The summed E-state index contributed by atoms with van der Waals surface area (Å²) < 4.78 is 50.4. The van der Waals surface area contributed by atoms with Gasteiger partial charge in [0.1, 0.15) is 12.4 Å². The highest BCUT2D eigenvalue weighted by atomic mass is 19.2. The second-order valence-corrected chi connectivity index (χ2v) is 8.04. The number of Topliss-reactive ketones (excluding diaryl/α,β-unsaturated/α-hetero) is 1. The van der Waals surface area contributed by atoms with E-state index in [2.05, 4.69) is 10.2 Å². The first-order valence-electron chi connectivity index (χ1n) is 10.5. The van der Waals surface area contributed by atoms with Crippen LogP contribution in [-0.4, -0.2) is 25.0 Å². The van der Waals surface area contributed by atoms with Crippen LogP contribution in [0.1, 0.15) is 32.7 Å². The molecule has 5 rings (SSSR count). The van der Waals surface area contributed by atoms with E-state index in [1.54, 1.807) is 42.9 Å². The molecule has 0 saturated carbocycles. The fourth-order valence-electron chi connectivity index (χ4n) is 4.04. The lowest BCUT2D eigenvalue weighted by atomic mass is 10.0. The average Bonchev–Trinajstić information content (AvgIpc) is 3.36. The van der Waals surface area contributed by atoms with E-state index in [1.807, 2.05) is 18.2 Å². The molecule has 0 aliphatic rings. The Bertz CT molecular complexity index is 1570. The van der Waals surface area contributed by atoms with Gasteiger partial charge in [0.05, 0.1) is 34.1 Å². The van der Waals surface area contributed by atoms with Crippen LogP contribution in [0.25, 0.3) is 11.0 Å². The molecule has 9 heteroatoms. The molecule has 0 spiro atoms. The van der Waals surface area contributed by atoms with E-state index in [1.165, 1.54) is 4.52 Å². The van der Waals surface area contributed by atoms with Crippen molar-refractivity contribution in [3.63, 3.8) is 0 Å². The number of ketones is 1. The Morgan fingerprint density at radius 3 is 2.65 bits per heavy atom. The van der Waals surface area contributed by atoms with Crippen molar-refractivity contribution in [3.8, 4) is 5.88 Å². The first-order valence-corrected chi connectivity index (χ1v) is 10.5. The van der Waals surface area contributed by atoms with E-state index < -0.39 is 29.6 Å². The fraction of sp³-hybridized carbons (Fsp3) is 0.160. The van der Waals surface area contributed by atoms with Gasteiger partial charge in [0.2, 0.25) is 5.88 Å². The number of ether oxygens (including phenoxy) is 1. The minimum atomic E-state index is -1.30. The maximum atomic E-state index is 14.1. The molecule has 0 N–H and O–H groups in total. The van der Waals surface area contributed by atoms with Gasteiger partial charge in [0.15, 0.2) is 17.4 Å². The highest BCUT2D eigenvalue weighted by molar-refractivity contribution is 6.05. The minimum absolute atomic E-state index is 0.125. The molecule has 1 aromatic carbocycles. The van der Waals surface area contributed by atoms with Crippen molar-refractivity contribution in [2.24, 2.45) is 0 Å². The maximum Gasteiger partial charge on any atom is 0.215 e. The van der Waals surface area contributed by atoms with Gasteiger partial charge in [0.25, 0.3) is 0 Å². The first-order chi connectivity index (χ1) is 16.3. The molecular weight excluding hydrogens is 445 g/mol. The molecule has 0 aliphatic heterocycles. The van der Waals surface area contributed by atoms with E-state index in [9.17, 15) is 18.0 Å². The predicted octanol–water partition coefficient (Wildman–Crippen LogP) is 5.02. The van der Waals surface area contributed by atoms with Crippen molar-refractivity contribution in [3.05, 3.63) is 100 Å². The Morgan fingerprint density at radius 2 is 1.82 bits per heavy atom. The molecule has 34 heavy (non-hydrogen) atoms. The summed E-state index contributed by atoms with van der Waals surface area (Å²) in [4.78, 5) is 13.3. The van der Waals surface area contributed by atoms with Gasteiger partial charge >= 0.3 is 0 Å². The number of carbonyl (C=O) groups is 1. The topological polar surface area (TPSA) is 60.9 Å². The van der Waals surface area contributed by atoms with Crippen LogP contribution in [0.4, 0.5) is 13.2 Å². The van der Waals surface area contributed by atoms with Crippen LogP contribution in [0, 0.1) is 31.3 Å². The number of pyridine rings is 2. The molecule has 5 aromatic rings. The van der Waals surface area contributed by atoms with E-state index in [-0.39, 0.29) is 18.1 Å². The van der Waals surface area contributed by atoms with Crippen molar-refractivity contribution in [1.29, 1.82) is 0 Å². The molecule has 172 valence electrons. The molecule has 0 aliphatic carbocycles. The number of rotatable bonds is 6. The van der Waals surface area contributed by atoms with Gasteiger partial charge in [-0.25, -0.2) is 22.2 Å². The number of aryl methyl sites for hydroxylation is 2. The van der Waals surface area contributed by atoms with Crippen molar-refractivity contribution in [1.82, 2.24) is 19.2 Å². The molecule has 0 amide bonds. The predicted molar refractivity (Wildman–Crippen MR) is 119 cm³/mol. The van der Waals surface area contributed by atoms with E-state index in [0.717, 1.165) is 28.8 Å². The maximum absolute atomic E-state index is 14.1. The second-order valence-electron chi connectivity index (χ2n) is 8.04. The highest BCUT2D eigenvalue weighted by Crippen LogP contribution is 2.26. The van der Waals surface area contributed by atoms with Gasteiger partial charge in [0, 0.05) is 24.2 Å². The van der Waals surface area contributed by atoms with Gasteiger partial charge < -0.3 is 4.74 Å². The largest absolute Gasteiger partial charge is 0.473 e. The zero-order valence-corrected chi connectivity index (χ0v) is 18.3. The molecular formula is C25H19F3N4O2. The third-order valence-corrected chi connectivity index (χ3v) is 5.66. The first kappa shape index (κ1) is 21.7. The summed E-state index contributed by atoms with van der Waals surface area (Å²) in [7, 11) is 0. The Labute approximate surface area is 192 Å². The molecule has 6 nitrogen and oxygen atoms in total. The fourth-order valence-corrected chi connectivity index (χ4v) is 4.04. The molecule has 0 unspecified atom stereocenters. The number of hydrogen-bond acceptors (Lipinski definition) is 4. The summed E-state index contributed by atoms with van der Waals surface area (Å²) >= 11 is 0. The monoisotopic (exact) mass is 464 g/mol. The smallest absolute Gasteiger partial charge is 0.215 e. The van der Waals surface area contributed by atoms with Gasteiger partial charge in [-0.2, -0.15) is 10.2 Å². The van der Waals surface area contributed by atoms with Crippen molar-refractivity contribution in [2.45, 2.75) is 26.9 Å². The average molecular weight is 464 g/mol. The lowest BCUT2D eigenvalue weighted by molar-refractivity contribution is 0.0994. The molecule has 4 heterocycles. The van der Waals surface area contributed by atoms with Gasteiger partial charge in [-0.15, -0.1) is 0 Å². The number of fused-ring (bicyclic) bond motifs is 2. The third kappa shape index (κ3) is 3.68. The number of aromatic nitrogens is 4. The molecule has 0 saturated heterocycles. The SMILES string of the molecule is Cc1cc(OCc2c(F)ccc(F)c2F)n2nc(C)c(C(=O)Cc3cnn4ccccc34)c2c1. The number of benzene rings is 1. The van der Waals surface area contributed by atoms with Crippen LogP contribution in [-0.2, 0) is 13.0 Å². The zero-order valence-electron chi connectivity index (χ0n) is 18.3. The van der Waals surface area contributed by atoms with Crippen LogP contribution in [0.5, 0.6) is 5.88 Å². The van der Waals surface area contributed by atoms with Crippen molar-refractivity contribution < 1.29 is 22.7 Å².